The first kappa shape index (κ1) is 17.7. The van der Waals surface area contributed by atoms with Crippen molar-refractivity contribution in [2.75, 3.05) is 4.90 Å². The van der Waals surface area contributed by atoms with Crippen LogP contribution in [0.15, 0.2) is 102 Å². The van der Waals surface area contributed by atoms with Crippen molar-refractivity contribution in [3.05, 3.63) is 113 Å². The van der Waals surface area contributed by atoms with Gasteiger partial charge in [-0.15, -0.1) is 0 Å². The molecular weight excluding hydrogens is 350 g/mol. The topological polar surface area (TPSA) is 57.6 Å². The van der Waals surface area contributed by atoms with Crippen molar-refractivity contribution in [1.29, 1.82) is 0 Å². The van der Waals surface area contributed by atoms with Crippen molar-refractivity contribution in [3.63, 3.8) is 0 Å². The van der Waals surface area contributed by atoms with Gasteiger partial charge in [0.2, 0.25) is 0 Å². The number of rotatable bonds is 5. The first-order valence-electron chi connectivity index (χ1n) is 9.10. The third-order valence-corrected chi connectivity index (χ3v) is 4.89. The number of amides is 1. The molecule has 0 aromatic heterocycles. The van der Waals surface area contributed by atoms with Gasteiger partial charge in [0.1, 0.15) is 6.04 Å². The highest BCUT2D eigenvalue weighted by molar-refractivity contribution is 6.17. The van der Waals surface area contributed by atoms with E-state index in [-0.39, 0.29) is 11.5 Å². The molecular formula is C24H19NO3. The molecule has 0 saturated carbocycles. The molecule has 4 nitrogen and oxygen atoms in total. The lowest BCUT2D eigenvalue weighted by Gasteiger charge is -2.26. The minimum atomic E-state index is -0.877. The van der Waals surface area contributed by atoms with Gasteiger partial charge in [-0.25, -0.2) is 0 Å². The number of para-hydroxylation sites is 1. The Kier molecular flexibility index (Phi) is 4.77. The van der Waals surface area contributed by atoms with Gasteiger partial charge in [-0.1, -0.05) is 78.9 Å². The van der Waals surface area contributed by atoms with Gasteiger partial charge >= 0.3 is 0 Å². The van der Waals surface area contributed by atoms with Crippen LogP contribution in [-0.2, 0) is 11.2 Å². The van der Waals surface area contributed by atoms with E-state index in [1.807, 2.05) is 42.5 Å². The summed E-state index contributed by atoms with van der Waals surface area (Å²) in [5.41, 5.74) is 2.43. The Bertz CT molecular complexity index is 1030. The zero-order chi connectivity index (χ0) is 19.5. The number of ketones is 1. The molecule has 1 atom stereocenters. The van der Waals surface area contributed by atoms with Crippen molar-refractivity contribution >= 4 is 17.4 Å². The van der Waals surface area contributed by atoms with Gasteiger partial charge in [0.25, 0.3) is 5.91 Å². The number of Topliss-reactive ketones (excluding diaryl/α,β-unsaturated/α-hetero) is 1. The Hall–Kier alpha value is -3.66. The Morgan fingerprint density at radius 1 is 0.821 bits per heavy atom. The minimum absolute atomic E-state index is 0.215. The minimum Gasteiger partial charge on any atom is -0.503 e. The van der Waals surface area contributed by atoms with Gasteiger partial charge in [-0.2, -0.15) is 0 Å². The second-order valence-electron chi connectivity index (χ2n) is 6.68. The lowest BCUT2D eigenvalue weighted by Crippen LogP contribution is -2.41. The van der Waals surface area contributed by atoms with Gasteiger partial charge in [-0.3, -0.25) is 14.5 Å². The summed E-state index contributed by atoms with van der Waals surface area (Å²) in [5.74, 6) is -1.11. The third kappa shape index (κ3) is 3.21. The monoisotopic (exact) mass is 369 g/mol. The number of hydrogen-bond donors (Lipinski definition) is 1. The number of aliphatic hydroxyl groups is 1. The van der Waals surface area contributed by atoms with E-state index in [4.69, 9.17) is 0 Å². The third-order valence-electron chi connectivity index (χ3n) is 4.89. The van der Waals surface area contributed by atoms with E-state index in [9.17, 15) is 14.7 Å². The zero-order valence-electron chi connectivity index (χ0n) is 15.2. The molecule has 1 heterocycles. The summed E-state index contributed by atoms with van der Waals surface area (Å²) in [5, 5.41) is 10.7. The second-order valence-corrected chi connectivity index (χ2v) is 6.68. The normalized spacial score (nSPS) is 16.5. The van der Waals surface area contributed by atoms with Crippen LogP contribution in [0.3, 0.4) is 0 Å². The average Bonchev–Trinajstić information content (AvgIpc) is 3.00. The highest BCUT2D eigenvalue weighted by atomic mass is 16.3. The summed E-state index contributed by atoms with van der Waals surface area (Å²) in [7, 11) is 0. The lowest BCUT2D eigenvalue weighted by molar-refractivity contribution is -0.116. The van der Waals surface area contributed by atoms with Crippen LogP contribution in [0.4, 0.5) is 5.69 Å². The highest BCUT2D eigenvalue weighted by Crippen LogP contribution is 2.34. The van der Waals surface area contributed by atoms with E-state index in [2.05, 4.69) is 0 Å². The first-order chi connectivity index (χ1) is 13.7. The molecule has 0 spiro atoms. The SMILES string of the molecule is O=C(c1ccccc1)[C@H]1C(Cc2ccccc2)=C(O)C(=O)N1c1ccccc1. The molecule has 0 bridgehead atoms. The molecule has 0 fully saturated rings. The molecule has 28 heavy (non-hydrogen) atoms. The summed E-state index contributed by atoms with van der Waals surface area (Å²) < 4.78 is 0. The largest absolute Gasteiger partial charge is 0.503 e. The molecule has 0 radical (unpaired) electrons. The highest BCUT2D eigenvalue weighted by Gasteiger charge is 2.44. The van der Waals surface area contributed by atoms with Crippen LogP contribution < -0.4 is 4.90 Å². The summed E-state index contributed by atoms with van der Waals surface area (Å²) in [6.07, 6.45) is 0.324. The van der Waals surface area contributed by atoms with Gasteiger partial charge < -0.3 is 5.11 Å². The van der Waals surface area contributed by atoms with Gasteiger partial charge in [0, 0.05) is 16.8 Å². The maximum atomic E-state index is 13.4. The first-order valence-corrected chi connectivity index (χ1v) is 9.10. The molecule has 0 saturated heterocycles. The maximum absolute atomic E-state index is 13.4. The Balaban J connectivity index is 1.80. The lowest BCUT2D eigenvalue weighted by atomic mass is 9.93. The Morgan fingerprint density at radius 2 is 1.36 bits per heavy atom. The number of carbonyl (C=O) groups excluding carboxylic acids is 2. The van der Waals surface area contributed by atoms with Crippen LogP contribution in [0.5, 0.6) is 0 Å². The fraction of sp³-hybridized carbons (Fsp3) is 0.0833. The average molecular weight is 369 g/mol. The number of anilines is 1. The van der Waals surface area contributed by atoms with E-state index in [1.54, 1.807) is 48.5 Å². The van der Waals surface area contributed by atoms with Crippen molar-refractivity contribution in [3.8, 4) is 0 Å². The predicted octanol–water partition coefficient (Wildman–Crippen LogP) is 4.34. The zero-order valence-corrected chi connectivity index (χ0v) is 15.2. The van der Waals surface area contributed by atoms with Crippen LogP contribution in [0.25, 0.3) is 0 Å². The van der Waals surface area contributed by atoms with Crippen LogP contribution in [0.2, 0.25) is 0 Å². The molecule has 1 N–H and O–H groups in total. The number of nitrogens with zero attached hydrogens (tertiary/aromatic N) is 1. The number of aliphatic hydroxyl groups excluding tert-OH is 1. The van der Waals surface area contributed by atoms with Crippen molar-refractivity contribution in [1.82, 2.24) is 0 Å². The molecule has 4 heteroatoms. The van der Waals surface area contributed by atoms with Gasteiger partial charge in [0.15, 0.2) is 11.5 Å². The fourth-order valence-corrected chi connectivity index (χ4v) is 3.54. The van der Waals surface area contributed by atoms with Crippen molar-refractivity contribution in [2.24, 2.45) is 0 Å². The molecule has 1 aliphatic heterocycles. The number of hydrogen-bond acceptors (Lipinski definition) is 3. The van der Waals surface area contributed by atoms with E-state index < -0.39 is 11.9 Å². The van der Waals surface area contributed by atoms with E-state index in [0.717, 1.165) is 5.56 Å². The summed E-state index contributed by atoms with van der Waals surface area (Å²) in [6.45, 7) is 0. The predicted molar refractivity (Wildman–Crippen MR) is 108 cm³/mol. The van der Waals surface area contributed by atoms with Gasteiger partial charge in [-0.05, 0) is 24.1 Å². The van der Waals surface area contributed by atoms with Crippen molar-refractivity contribution < 1.29 is 14.7 Å². The fourth-order valence-electron chi connectivity index (χ4n) is 3.54. The van der Waals surface area contributed by atoms with E-state index in [1.165, 1.54) is 4.90 Å². The number of benzene rings is 3. The van der Waals surface area contributed by atoms with Crippen LogP contribution in [0, 0.1) is 0 Å². The maximum Gasteiger partial charge on any atom is 0.294 e. The smallest absolute Gasteiger partial charge is 0.294 e. The van der Waals surface area contributed by atoms with Crippen LogP contribution in [-0.4, -0.2) is 22.8 Å². The van der Waals surface area contributed by atoms with Crippen LogP contribution in [0.1, 0.15) is 15.9 Å². The summed E-state index contributed by atoms with van der Waals surface area (Å²) >= 11 is 0. The van der Waals surface area contributed by atoms with Crippen molar-refractivity contribution in [2.45, 2.75) is 12.5 Å². The molecule has 3 aromatic carbocycles. The Morgan fingerprint density at radius 3 is 1.96 bits per heavy atom. The summed E-state index contributed by atoms with van der Waals surface area (Å²) in [4.78, 5) is 27.7. The molecule has 1 amide bonds. The molecule has 0 aliphatic carbocycles. The van der Waals surface area contributed by atoms with E-state index >= 15 is 0 Å². The second kappa shape index (κ2) is 7.53. The molecule has 4 rings (SSSR count). The molecule has 3 aromatic rings. The number of carbonyl (C=O) groups is 2. The molecule has 138 valence electrons. The van der Waals surface area contributed by atoms with E-state index in [0.29, 0.717) is 23.2 Å². The quantitative estimate of drug-likeness (QED) is 0.681. The summed E-state index contributed by atoms with van der Waals surface area (Å²) in [6, 6.07) is 26.5. The standard InChI is InChI=1S/C24H19NO3/c26-22(18-12-6-2-7-13-18)21-20(16-17-10-4-1-5-11-17)23(27)24(28)25(21)19-14-8-3-9-15-19/h1-15,21,27H,16H2/t21-/m1/s1. The van der Waals surface area contributed by atoms with Crippen LogP contribution >= 0.6 is 0 Å². The Labute approximate surface area is 163 Å². The molecule has 0 unspecified atom stereocenters. The van der Waals surface area contributed by atoms with Gasteiger partial charge in [0.05, 0.1) is 0 Å². The molecule has 1 aliphatic rings.